The first-order chi connectivity index (χ1) is 5.65. The summed E-state index contributed by atoms with van der Waals surface area (Å²) >= 11 is 5.47. The average Bonchev–Trinajstić information content (AvgIpc) is 2.08. The predicted molar refractivity (Wildman–Crippen MR) is 44.4 cm³/mol. The second kappa shape index (κ2) is 3.65. The van der Waals surface area contributed by atoms with E-state index in [9.17, 15) is 9.18 Å². The Morgan fingerprint density at radius 3 is 2.75 bits per heavy atom. The highest BCUT2D eigenvalue weighted by Crippen LogP contribution is 2.18. The van der Waals surface area contributed by atoms with E-state index in [1.54, 1.807) is 0 Å². The summed E-state index contributed by atoms with van der Waals surface area (Å²) in [5, 5.41) is -0.0233. The third-order valence-electron chi connectivity index (χ3n) is 1.48. The van der Waals surface area contributed by atoms with Gasteiger partial charge in [-0.05, 0) is 17.7 Å². The monoisotopic (exact) mass is 187 g/mol. The minimum atomic E-state index is -0.733. The summed E-state index contributed by atoms with van der Waals surface area (Å²) in [6.07, 6.45) is 0.573. The summed E-state index contributed by atoms with van der Waals surface area (Å²) in [5.74, 6) is -0.515. The topological polar surface area (TPSA) is 43.1 Å². The largest absolute Gasteiger partial charge is 0.318 e. The lowest BCUT2D eigenvalue weighted by atomic mass is 10.1. The number of hydrogen-bond acceptors (Lipinski definition) is 2. The van der Waals surface area contributed by atoms with Gasteiger partial charge in [0, 0.05) is 0 Å². The highest BCUT2D eigenvalue weighted by molar-refractivity contribution is 6.30. The first-order valence-electron chi connectivity index (χ1n) is 3.31. The molecule has 2 nitrogen and oxygen atoms in total. The maximum atomic E-state index is 12.6. The van der Waals surface area contributed by atoms with Gasteiger partial charge in [-0.25, -0.2) is 4.39 Å². The lowest BCUT2D eigenvalue weighted by molar-refractivity contribution is -0.109. The number of aldehydes is 1. The van der Waals surface area contributed by atoms with Crippen LogP contribution in [0.15, 0.2) is 18.2 Å². The van der Waals surface area contributed by atoms with Gasteiger partial charge in [-0.3, -0.25) is 0 Å². The average molecular weight is 188 g/mol. The zero-order chi connectivity index (χ0) is 9.14. The summed E-state index contributed by atoms with van der Waals surface area (Å²) in [7, 11) is 0. The molecule has 0 aliphatic heterocycles. The number of benzene rings is 1. The van der Waals surface area contributed by atoms with E-state index < -0.39 is 11.9 Å². The third-order valence-corrected chi connectivity index (χ3v) is 1.76. The zero-order valence-corrected chi connectivity index (χ0v) is 6.88. The van der Waals surface area contributed by atoms with Crippen LogP contribution in [-0.2, 0) is 4.79 Å². The number of carbonyl (C=O) groups excluding carboxylic acids is 1. The van der Waals surface area contributed by atoms with E-state index in [1.165, 1.54) is 18.2 Å². The fourth-order valence-electron chi connectivity index (χ4n) is 0.798. The molecule has 12 heavy (non-hydrogen) atoms. The van der Waals surface area contributed by atoms with Gasteiger partial charge in [0.25, 0.3) is 0 Å². The molecule has 0 bridgehead atoms. The molecule has 0 amide bonds. The SMILES string of the molecule is N[C@H](C=O)c1ccc(F)c(Cl)c1. The molecule has 0 heterocycles. The molecule has 0 fully saturated rings. The van der Waals surface area contributed by atoms with Crippen LogP contribution >= 0.6 is 11.6 Å². The Bertz CT molecular complexity index is 303. The van der Waals surface area contributed by atoms with E-state index in [0.29, 0.717) is 11.8 Å². The van der Waals surface area contributed by atoms with Crippen LogP contribution in [0.25, 0.3) is 0 Å². The summed E-state index contributed by atoms with van der Waals surface area (Å²) in [6.45, 7) is 0. The minimum absolute atomic E-state index is 0.0233. The van der Waals surface area contributed by atoms with Crippen LogP contribution < -0.4 is 5.73 Å². The minimum Gasteiger partial charge on any atom is -0.318 e. The second-order valence-corrected chi connectivity index (χ2v) is 2.74. The standard InChI is InChI=1S/C8H7ClFNO/c9-6-3-5(8(11)4-12)1-2-7(6)10/h1-4,8H,11H2/t8-/m1/s1. The third kappa shape index (κ3) is 1.81. The van der Waals surface area contributed by atoms with Crippen LogP contribution in [0.2, 0.25) is 5.02 Å². The van der Waals surface area contributed by atoms with Gasteiger partial charge in [-0.2, -0.15) is 0 Å². The van der Waals surface area contributed by atoms with Crippen molar-refractivity contribution in [2.45, 2.75) is 6.04 Å². The van der Waals surface area contributed by atoms with Crippen LogP contribution in [0.3, 0.4) is 0 Å². The van der Waals surface area contributed by atoms with Crippen molar-refractivity contribution < 1.29 is 9.18 Å². The molecule has 0 aliphatic carbocycles. The Balaban J connectivity index is 3.04. The molecule has 0 saturated carbocycles. The lowest BCUT2D eigenvalue weighted by Crippen LogP contribution is -2.11. The van der Waals surface area contributed by atoms with Crippen LogP contribution in [-0.4, -0.2) is 6.29 Å². The first-order valence-corrected chi connectivity index (χ1v) is 3.69. The quantitative estimate of drug-likeness (QED) is 0.716. The van der Waals surface area contributed by atoms with Crippen molar-refractivity contribution in [1.82, 2.24) is 0 Å². The number of carbonyl (C=O) groups is 1. The lowest BCUT2D eigenvalue weighted by Gasteiger charge is -2.04. The molecule has 1 atom stereocenters. The number of halogens is 2. The molecule has 0 spiro atoms. The van der Waals surface area contributed by atoms with Gasteiger partial charge < -0.3 is 10.5 Å². The van der Waals surface area contributed by atoms with Crippen molar-refractivity contribution in [3.63, 3.8) is 0 Å². The summed E-state index contributed by atoms with van der Waals surface area (Å²) in [4.78, 5) is 10.2. The van der Waals surface area contributed by atoms with Crippen LogP contribution in [0.4, 0.5) is 4.39 Å². The molecule has 1 rings (SSSR count). The Morgan fingerprint density at radius 2 is 2.25 bits per heavy atom. The van der Waals surface area contributed by atoms with Gasteiger partial charge in [0.2, 0.25) is 0 Å². The molecule has 64 valence electrons. The fraction of sp³-hybridized carbons (Fsp3) is 0.125. The Hall–Kier alpha value is -0.930. The van der Waals surface area contributed by atoms with Crippen molar-refractivity contribution in [2.24, 2.45) is 5.73 Å². The van der Waals surface area contributed by atoms with Crippen molar-refractivity contribution in [3.8, 4) is 0 Å². The Morgan fingerprint density at radius 1 is 1.58 bits per heavy atom. The van der Waals surface area contributed by atoms with Gasteiger partial charge in [-0.1, -0.05) is 17.7 Å². The molecule has 0 unspecified atom stereocenters. The van der Waals surface area contributed by atoms with E-state index in [4.69, 9.17) is 17.3 Å². The number of nitrogens with two attached hydrogens (primary N) is 1. The maximum absolute atomic E-state index is 12.6. The first kappa shape index (κ1) is 9.16. The van der Waals surface area contributed by atoms with Crippen molar-refractivity contribution >= 4 is 17.9 Å². The Labute approximate surface area is 74.1 Å². The molecule has 4 heteroatoms. The molecular weight excluding hydrogens is 181 g/mol. The summed E-state index contributed by atoms with van der Waals surface area (Å²) in [5.41, 5.74) is 5.87. The number of rotatable bonds is 2. The molecule has 2 N–H and O–H groups in total. The number of hydrogen-bond donors (Lipinski definition) is 1. The highest BCUT2D eigenvalue weighted by atomic mass is 35.5. The van der Waals surface area contributed by atoms with Gasteiger partial charge >= 0.3 is 0 Å². The van der Waals surface area contributed by atoms with Crippen molar-refractivity contribution in [1.29, 1.82) is 0 Å². The Kier molecular flexibility index (Phi) is 2.78. The smallest absolute Gasteiger partial charge is 0.141 e. The van der Waals surface area contributed by atoms with Gasteiger partial charge in [0.15, 0.2) is 0 Å². The fourth-order valence-corrected chi connectivity index (χ4v) is 0.987. The van der Waals surface area contributed by atoms with Crippen LogP contribution in [0.1, 0.15) is 11.6 Å². The van der Waals surface area contributed by atoms with E-state index >= 15 is 0 Å². The molecular formula is C8H7ClFNO. The second-order valence-electron chi connectivity index (χ2n) is 2.34. The molecule has 0 aliphatic rings. The molecule has 0 saturated heterocycles. The van der Waals surface area contributed by atoms with E-state index in [2.05, 4.69) is 0 Å². The highest BCUT2D eigenvalue weighted by Gasteiger charge is 2.06. The van der Waals surface area contributed by atoms with E-state index in [1.807, 2.05) is 0 Å². The zero-order valence-electron chi connectivity index (χ0n) is 6.13. The molecule has 0 radical (unpaired) electrons. The van der Waals surface area contributed by atoms with Gasteiger partial charge in [0.1, 0.15) is 12.1 Å². The van der Waals surface area contributed by atoms with E-state index in [-0.39, 0.29) is 5.02 Å². The normalized spacial score (nSPS) is 12.6. The summed E-state index contributed by atoms with van der Waals surface area (Å²) < 4.78 is 12.6. The van der Waals surface area contributed by atoms with Crippen molar-refractivity contribution in [2.75, 3.05) is 0 Å². The maximum Gasteiger partial charge on any atom is 0.141 e. The van der Waals surface area contributed by atoms with Gasteiger partial charge in [0.05, 0.1) is 11.1 Å². The molecule has 0 aromatic heterocycles. The molecule has 1 aromatic carbocycles. The van der Waals surface area contributed by atoms with Crippen LogP contribution in [0, 0.1) is 5.82 Å². The van der Waals surface area contributed by atoms with E-state index in [0.717, 1.165) is 0 Å². The van der Waals surface area contributed by atoms with Crippen LogP contribution in [0.5, 0.6) is 0 Å². The van der Waals surface area contributed by atoms with Crippen molar-refractivity contribution in [3.05, 3.63) is 34.6 Å². The summed E-state index contributed by atoms with van der Waals surface area (Å²) in [6, 6.07) is 3.22. The van der Waals surface area contributed by atoms with Gasteiger partial charge in [-0.15, -0.1) is 0 Å². The predicted octanol–water partition coefficient (Wildman–Crippen LogP) is 1.68. The molecule has 1 aromatic rings.